The zero-order valence-electron chi connectivity index (χ0n) is 11.1. The van der Waals surface area contributed by atoms with Crippen LogP contribution in [0.25, 0.3) is 5.69 Å². The maximum absolute atomic E-state index is 5.97. The SMILES string of the molecule is Clc1ccc(N=Cc2ccn(-c3ccccc3)c2)cc1Cl. The maximum atomic E-state index is 5.97. The van der Waals surface area contributed by atoms with E-state index in [-0.39, 0.29) is 0 Å². The first-order valence-electron chi connectivity index (χ1n) is 6.45. The Bertz CT molecular complexity index is 776. The smallest absolute Gasteiger partial charge is 0.0645 e. The van der Waals surface area contributed by atoms with E-state index in [1.54, 1.807) is 18.3 Å². The third-order valence-corrected chi connectivity index (χ3v) is 3.77. The van der Waals surface area contributed by atoms with Crippen LogP contribution in [0.2, 0.25) is 10.0 Å². The molecular formula is C17H12Cl2N2. The lowest BCUT2D eigenvalue weighted by Crippen LogP contribution is -1.88. The van der Waals surface area contributed by atoms with Crippen LogP contribution in [-0.4, -0.2) is 10.8 Å². The third kappa shape index (κ3) is 3.35. The van der Waals surface area contributed by atoms with Gasteiger partial charge in [0, 0.05) is 29.9 Å². The van der Waals surface area contributed by atoms with Gasteiger partial charge in [0.05, 0.1) is 15.7 Å². The molecule has 0 atom stereocenters. The first-order chi connectivity index (χ1) is 10.2. The summed E-state index contributed by atoms with van der Waals surface area (Å²) in [5, 5.41) is 1.04. The van der Waals surface area contributed by atoms with Crippen LogP contribution >= 0.6 is 23.2 Å². The topological polar surface area (TPSA) is 17.3 Å². The molecule has 3 rings (SSSR count). The Labute approximate surface area is 133 Å². The van der Waals surface area contributed by atoms with Crippen LogP contribution in [0.3, 0.4) is 0 Å². The first-order valence-corrected chi connectivity index (χ1v) is 7.20. The van der Waals surface area contributed by atoms with Gasteiger partial charge in [-0.15, -0.1) is 0 Å². The van der Waals surface area contributed by atoms with E-state index in [9.17, 15) is 0 Å². The molecule has 0 radical (unpaired) electrons. The van der Waals surface area contributed by atoms with Crippen molar-refractivity contribution >= 4 is 35.1 Å². The number of hydrogen-bond donors (Lipinski definition) is 0. The van der Waals surface area contributed by atoms with E-state index in [1.807, 2.05) is 42.7 Å². The van der Waals surface area contributed by atoms with Gasteiger partial charge in [-0.25, -0.2) is 0 Å². The monoisotopic (exact) mass is 314 g/mol. The van der Waals surface area contributed by atoms with Crippen molar-refractivity contribution in [1.29, 1.82) is 0 Å². The van der Waals surface area contributed by atoms with Crippen LogP contribution in [0, 0.1) is 0 Å². The van der Waals surface area contributed by atoms with E-state index >= 15 is 0 Å². The second-order valence-corrected chi connectivity index (χ2v) is 5.36. The minimum atomic E-state index is 0.508. The summed E-state index contributed by atoms with van der Waals surface area (Å²) in [6.07, 6.45) is 5.83. The van der Waals surface area contributed by atoms with Crippen molar-refractivity contribution in [2.24, 2.45) is 4.99 Å². The van der Waals surface area contributed by atoms with Gasteiger partial charge in [0.1, 0.15) is 0 Å². The molecule has 0 aliphatic carbocycles. The highest BCUT2D eigenvalue weighted by Gasteiger charge is 1.99. The quantitative estimate of drug-likeness (QED) is 0.565. The van der Waals surface area contributed by atoms with Crippen molar-refractivity contribution in [3.05, 3.63) is 82.6 Å². The molecule has 0 saturated carbocycles. The lowest BCUT2D eigenvalue weighted by Gasteiger charge is -2.00. The second-order valence-electron chi connectivity index (χ2n) is 4.54. The third-order valence-electron chi connectivity index (χ3n) is 3.04. The van der Waals surface area contributed by atoms with Crippen LogP contribution in [0.15, 0.2) is 72.0 Å². The van der Waals surface area contributed by atoms with Gasteiger partial charge in [0.2, 0.25) is 0 Å². The van der Waals surface area contributed by atoms with Crippen LogP contribution in [0.4, 0.5) is 5.69 Å². The summed E-state index contributed by atoms with van der Waals surface area (Å²) in [5.74, 6) is 0. The van der Waals surface area contributed by atoms with Crippen molar-refractivity contribution in [1.82, 2.24) is 4.57 Å². The Morgan fingerprint density at radius 3 is 2.48 bits per heavy atom. The van der Waals surface area contributed by atoms with E-state index < -0.39 is 0 Å². The zero-order valence-corrected chi connectivity index (χ0v) is 12.6. The fraction of sp³-hybridized carbons (Fsp3) is 0. The fourth-order valence-corrected chi connectivity index (χ4v) is 2.26. The Morgan fingerprint density at radius 1 is 0.905 bits per heavy atom. The minimum absolute atomic E-state index is 0.508. The number of aromatic nitrogens is 1. The van der Waals surface area contributed by atoms with Crippen molar-refractivity contribution < 1.29 is 0 Å². The number of halogens is 2. The number of para-hydroxylation sites is 1. The van der Waals surface area contributed by atoms with E-state index in [1.165, 1.54) is 0 Å². The molecular weight excluding hydrogens is 303 g/mol. The van der Waals surface area contributed by atoms with Crippen LogP contribution in [0.1, 0.15) is 5.56 Å². The Morgan fingerprint density at radius 2 is 1.71 bits per heavy atom. The van der Waals surface area contributed by atoms with Crippen LogP contribution < -0.4 is 0 Å². The molecule has 0 aliphatic heterocycles. The molecule has 0 amide bonds. The van der Waals surface area contributed by atoms with Gasteiger partial charge in [0.15, 0.2) is 0 Å². The Balaban J connectivity index is 1.81. The van der Waals surface area contributed by atoms with Gasteiger partial charge in [-0.3, -0.25) is 4.99 Å². The minimum Gasteiger partial charge on any atom is -0.323 e. The summed E-state index contributed by atoms with van der Waals surface area (Å²) in [5.41, 5.74) is 2.91. The molecule has 0 spiro atoms. The summed E-state index contributed by atoms with van der Waals surface area (Å²) in [7, 11) is 0. The van der Waals surface area contributed by atoms with E-state index in [4.69, 9.17) is 23.2 Å². The summed E-state index contributed by atoms with van der Waals surface area (Å²) < 4.78 is 2.05. The highest BCUT2D eigenvalue weighted by Crippen LogP contribution is 2.26. The summed E-state index contributed by atoms with van der Waals surface area (Å²) in [4.78, 5) is 4.40. The molecule has 2 nitrogen and oxygen atoms in total. The van der Waals surface area contributed by atoms with Gasteiger partial charge in [-0.1, -0.05) is 41.4 Å². The second kappa shape index (κ2) is 6.17. The predicted molar refractivity (Wildman–Crippen MR) is 89.5 cm³/mol. The Kier molecular flexibility index (Phi) is 4.09. The predicted octanol–water partition coefficient (Wildman–Crippen LogP) is 5.53. The molecule has 21 heavy (non-hydrogen) atoms. The molecule has 0 fully saturated rings. The molecule has 0 aliphatic rings. The van der Waals surface area contributed by atoms with Crippen molar-refractivity contribution in [3.8, 4) is 5.69 Å². The maximum Gasteiger partial charge on any atom is 0.0645 e. The van der Waals surface area contributed by atoms with Gasteiger partial charge in [-0.05, 0) is 36.4 Å². The van der Waals surface area contributed by atoms with Gasteiger partial charge >= 0.3 is 0 Å². The van der Waals surface area contributed by atoms with E-state index in [2.05, 4.69) is 21.7 Å². The molecule has 0 unspecified atom stereocenters. The highest BCUT2D eigenvalue weighted by atomic mass is 35.5. The van der Waals surface area contributed by atoms with Gasteiger partial charge < -0.3 is 4.57 Å². The molecule has 104 valence electrons. The molecule has 0 bridgehead atoms. The summed E-state index contributed by atoms with van der Waals surface area (Å²) in [6.45, 7) is 0. The van der Waals surface area contributed by atoms with Gasteiger partial charge in [-0.2, -0.15) is 0 Å². The van der Waals surface area contributed by atoms with Gasteiger partial charge in [0.25, 0.3) is 0 Å². The molecule has 1 aromatic heterocycles. The fourth-order valence-electron chi connectivity index (χ4n) is 1.96. The first kappa shape index (κ1) is 13.9. The lowest BCUT2D eigenvalue weighted by atomic mass is 10.3. The number of nitrogens with zero attached hydrogens (tertiary/aromatic N) is 2. The number of rotatable bonds is 3. The van der Waals surface area contributed by atoms with Crippen molar-refractivity contribution in [2.75, 3.05) is 0 Å². The number of benzene rings is 2. The molecule has 1 heterocycles. The summed E-state index contributed by atoms with van der Waals surface area (Å²) in [6, 6.07) is 17.5. The molecule has 2 aromatic carbocycles. The van der Waals surface area contributed by atoms with E-state index in [0.717, 1.165) is 16.9 Å². The van der Waals surface area contributed by atoms with Crippen molar-refractivity contribution in [3.63, 3.8) is 0 Å². The molecule has 0 saturated heterocycles. The Hall–Kier alpha value is -2.03. The average Bonchev–Trinajstić information content (AvgIpc) is 2.98. The number of hydrogen-bond acceptors (Lipinski definition) is 1. The standard InChI is InChI=1S/C17H12Cl2N2/c18-16-7-6-14(10-17(16)19)20-11-13-8-9-21(12-13)15-4-2-1-3-5-15/h1-12H. The van der Waals surface area contributed by atoms with Crippen LogP contribution in [-0.2, 0) is 0 Å². The highest BCUT2D eigenvalue weighted by molar-refractivity contribution is 6.42. The summed E-state index contributed by atoms with van der Waals surface area (Å²) >= 11 is 11.9. The van der Waals surface area contributed by atoms with Crippen molar-refractivity contribution in [2.45, 2.75) is 0 Å². The normalized spacial score (nSPS) is 11.1. The molecule has 3 aromatic rings. The zero-order chi connectivity index (χ0) is 14.7. The molecule has 4 heteroatoms. The number of aliphatic imine (C=N–C) groups is 1. The lowest BCUT2D eigenvalue weighted by molar-refractivity contribution is 1.08. The molecule has 0 N–H and O–H groups in total. The largest absolute Gasteiger partial charge is 0.323 e. The van der Waals surface area contributed by atoms with E-state index in [0.29, 0.717) is 10.0 Å². The van der Waals surface area contributed by atoms with Crippen LogP contribution in [0.5, 0.6) is 0 Å². The average molecular weight is 315 g/mol.